The van der Waals surface area contributed by atoms with Crippen LogP contribution in [0.5, 0.6) is 0 Å². The van der Waals surface area contributed by atoms with E-state index >= 15 is 0 Å². The summed E-state index contributed by atoms with van der Waals surface area (Å²) in [4.78, 5) is 20.4. The van der Waals surface area contributed by atoms with Crippen molar-refractivity contribution in [2.75, 3.05) is 52.5 Å². The number of nitrogens with one attached hydrogen (secondary N) is 2. The maximum atomic E-state index is 12.8. The van der Waals surface area contributed by atoms with Crippen molar-refractivity contribution in [1.82, 2.24) is 20.1 Å². The second-order valence-electron chi connectivity index (χ2n) is 8.95. The Bertz CT molecular complexity index is 983. The van der Waals surface area contributed by atoms with E-state index in [1.807, 2.05) is 12.1 Å². The highest BCUT2D eigenvalue weighted by Gasteiger charge is 2.22. The van der Waals surface area contributed by atoms with Gasteiger partial charge in [-0.2, -0.15) is 0 Å². The van der Waals surface area contributed by atoms with Crippen molar-refractivity contribution in [3.8, 4) is 0 Å². The number of fused-ring (bicyclic) bond motifs is 1. The third kappa shape index (κ3) is 6.76. The topological polar surface area (TPSA) is 69.8 Å². The minimum atomic E-state index is -0.0563. The molecule has 0 amide bonds. The molecule has 1 aromatic heterocycles. The first kappa shape index (κ1) is 24.1. The Balaban J connectivity index is 1.41. The van der Waals surface area contributed by atoms with Gasteiger partial charge < -0.3 is 24.7 Å². The molecule has 8 heteroatoms. The quantitative estimate of drug-likeness (QED) is 0.430. The fraction of sp³-hybridized carbons (Fsp3) is 0.600. The molecule has 0 bridgehead atoms. The van der Waals surface area contributed by atoms with E-state index in [0.717, 1.165) is 88.1 Å². The molecule has 4 rings (SSSR count). The number of aromatic amines is 1. The number of aromatic nitrogens is 1. The molecule has 7 nitrogen and oxygen atoms in total. The minimum absolute atomic E-state index is 0.0563. The van der Waals surface area contributed by atoms with Crippen molar-refractivity contribution in [3.63, 3.8) is 0 Å². The summed E-state index contributed by atoms with van der Waals surface area (Å²) in [6.07, 6.45) is 4.25. The van der Waals surface area contributed by atoms with Crippen LogP contribution in [0.1, 0.15) is 37.3 Å². The molecule has 0 aliphatic carbocycles. The van der Waals surface area contributed by atoms with Crippen molar-refractivity contribution in [2.24, 2.45) is 0 Å². The lowest BCUT2D eigenvalue weighted by Crippen LogP contribution is -2.45. The zero-order valence-electron chi connectivity index (χ0n) is 19.6. The van der Waals surface area contributed by atoms with E-state index in [2.05, 4.69) is 39.2 Å². The highest BCUT2D eigenvalue weighted by atomic mass is 32.1. The second kappa shape index (κ2) is 11.9. The Kier molecular flexibility index (Phi) is 8.72. The van der Waals surface area contributed by atoms with Crippen molar-refractivity contribution in [2.45, 2.75) is 45.3 Å². The average Bonchev–Trinajstić information content (AvgIpc) is 3.35. The van der Waals surface area contributed by atoms with Crippen molar-refractivity contribution in [3.05, 3.63) is 45.7 Å². The molecule has 3 heterocycles. The van der Waals surface area contributed by atoms with Crippen molar-refractivity contribution in [1.29, 1.82) is 0 Å². The molecule has 180 valence electrons. The highest BCUT2D eigenvalue weighted by Crippen LogP contribution is 2.17. The molecule has 2 saturated heterocycles. The van der Waals surface area contributed by atoms with Crippen LogP contribution in [-0.2, 0) is 22.4 Å². The number of H-pyrrole nitrogens is 1. The lowest BCUT2D eigenvalue weighted by molar-refractivity contribution is 0.0375. The van der Waals surface area contributed by atoms with E-state index in [1.54, 1.807) is 0 Å². The standard InChI is InChI=1S/C25H36N4O3S/c1-2-19-6-7-23-20(15-19)16-21(24(30)27-23)17-29(18-22-5-3-12-32-22)25(33)26-8-4-9-28-10-13-31-14-11-28/h6-7,15-16,22H,2-5,8-14,17-18H2,1H3,(H,26,33)(H,27,30). The van der Waals surface area contributed by atoms with Crippen LogP contribution in [0.4, 0.5) is 0 Å². The lowest BCUT2D eigenvalue weighted by Gasteiger charge is -2.29. The highest BCUT2D eigenvalue weighted by molar-refractivity contribution is 7.80. The summed E-state index contributed by atoms with van der Waals surface area (Å²) in [7, 11) is 0. The molecule has 0 radical (unpaired) electrons. The SMILES string of the molecule is CCc1ccc2[nH]c(=O)c(CN(CC3CCCO3)C(=S)NCCCN3CCOCC3)cc2c1. The summed E-state index contributed by atoms with van der Waals surface area (Å²) in [6, 6.07) is 8.22. The molecule has 2 aliphatic rings. The van der Waals surface area contributed by atoms with Crippen LogP contribution in [-0.4, -0.2) is 78.5 Å². The number of benzene rings is 1. The van der Waals surface area contributed by atoms with Gasteiger partial charge in [-0.1, -0.05) is 13.0 Å². The van der Waals surface area contributed by atoms with Crippen LogP contribution in [0.3, 0.4) is 0 Å². The van der Waals surface area contributed by atoms with E-state index < -0.39 is 0 Å². The van der Waals surface area contributed by atoms with E-state index in [-0.39, 0.29) is 11.7 Å². The molecule has 1 unspecified atom stereocenters. The Labute approximate surface area is 201 Å². The summed E-state index contributed by atoms with van der Waals surface area (Å²) < 4.78 is 11.3. The first-order chi connectivity index (χ1) is 16.1. The normalized spacial score (nSPS) is 19.1. The van der Waals surface area contributed by atoms with E-state index in [0.29, 0.717) is 18.2 Å². The van der Waals surface area contributed by atoms with Gasteiger partial charge in [-0.05, 0) is 73.6 Å². The number of rotatable bonds is 9. The molecule has 33 heavy (non-hydrogen) atoms. The average molecular weight is 473 g/mol. The molecule has 2 N–H and O–H groups in total. The number of pyridine rings is 1. The first-order valence-corrected chi connectivity index (χ1v) is 12.6. The van der Waals surface area contributed by atoms with Crippen LogP contribution in [0.15, 0.2) is 29.1 Å². The third-order valence-electron chi connectivity index (χ3n) is 6.52. The van der Waals surface area contributed by atoms with Crippen molar-refractivity contribution < 1.29 is 9.47 Å². The first-order valence-electron chi connectivity index (χ1n) is 12.2. The summed E-state index contributed by atoms with van der Waals surface area (Å²) in [5.41, 5.74) is 2.80. The zero-order valence-corrected chi connectivity index (χ0v) is 20.4. The summed E-state index contributed by atoms with van der Waals surface area (Å²) >= 11 is 5.77. The molecule has 0 saturated carbocycles. The number of thiocarbonyl (C=S) groups is 1. The molecule has 0 spiro atoms. The number of morpholine rings is 1. The van der Waals surface area contributed by atoms with Gasteiger partial charge in [-0.3, -0.25) is 9.69 Å². The molecule has 2 aromatic rings. The molecule has 1 aromatic carbocycles. The van der Waals surface area contributed by atoms with Crippen LogP contribution >= 0.6 is 12.2 Å². The fourth-order valence-corrected chi connectivity index (χ4v) is 4.77. The van der Waals surface area contributed by atoms with Gasteiger partial charge in [0.05, 0.1) is 25.9 Å². The minimum Gasteiger partial charge on any atom is -0.379 e. The maximum absolute atomic E-state index is 12.8. The van der Waals surface area contributed by atoms with Crippen LogP contribution in [0.25, 0.3) is 10.9 Å². The zero-order chi connectivity index (χ0) is 23.0. The third-order valence-corrected chi connectivity index (χ3v) is 6.92. The summed E-state index contributed by atoms with van der Waals surface area (Å²) in [6.45, 7) is 9.59. The fourth-order valence-electron chi connectivity index (χ4n) is 4.53. The smallest absolute Gasteiger partial charge is 0.253 e. The van der Waals surface area contributed by atoms with Crippen molar-refractivity contribution >= 4 is 28.2 Å². The van der Waals surface area contributed by atoms with Gasteiger partial charge in [-0.15, -0.1) is 0 Å². The van der Waals surface area contributed by atoms with Crippen LogP contribution in [0.2, 0.25) is 0 Å². The Hall–Kier alpha value is -2.00. The maximum Gasteiger partial charge on any atom is 0.253 e. The van der Waals surface area contributed by atoms with Gasteiger partial charge >= 0.3 is 0 Å². The Morgan fingerprint density at radius 3 is 2.88 bits per heavy atom. The number of aryl methyl sites for hydroxylation is 1. The van der Waals surface area contributed by atoms with Crippen LogP contribution in [0, 0.1) is 0 Å². The van der Waals surface area contributed by atoms with E-state index in [4.69, 9.17) is 21.7 Å². The molecule has 2 aliphatic heterocycles. The predicted octanol–water partition coefficient (Wildman–Crippen LogP) is 2.67. The number of ether oxygens (including phenoxy) is 2. The molecular formula is C25H36N4O3S. The Morgan fingerprint density at radius 1 is 1.27 bits per heavy atom. The van der Waals surface area contributed by atoms with Gasteiger partial charge in [0.2, 0.25) is 0 Å². The number of hydrogen-bond donors (Lipinski definition) is 2. The summed E-state index contributed by atoms with van der Waals surface area (Å²) in [5, 5.41) is 5.17. The lowest BCUT2D eigenvalue weighted by atomic mass is 10.1. The number of hydrogen-bond acceptors (Lipinski definition) is 5. The van der Waals surface area contributed by atoms with Gasteiger partial charge in [0, 0.05) is 43.9 Å². The molecule has 1 atom stereocenters. The Morgan fingerprint density at radius 2 is 2.12 bits per heavy atom. The van der Waals surface area contributed by atoms with Gasteiger partial charge in [0.15, 0.2) is 5.11 Å². The second-order valence-corrected chi connectivity index (χ2v) is 9.34. The van der Waals surface area contributed by atoms with Gasteiger partial charge in [0.25, 0.3) is 5.56 Å². The molecular weight excluding hydrogens is 436 g/mol. The number of nitrogens with zero attached hydrogens (tertiary/aromatic N) is 2. The van der Waals surface area contributed by atoms with E-state index in [1.165, 1.54) is 5.56 Å². The van der Waals surface area contributed by atoms with Gasteiger partial charge in [0.1, 0.15) is 0 Å². The molecule has 2 fully saturated rings. The summed E-state index contributed by atoms with van der Waals surface area (Å²) in [5.74, 6) is 0. The largest absolute Gasteiger partial charge is 0.379 e. The van der Waals surface area contributed by atoms with Crippen LogP contribution < -0.4 is 10.9 Å². The monoisotopic (exact) mass is 472 g/mol. The van der Waals surface area contributed by atoms with Gasteiger partial charge in [-0.25, -0.2) is 0 Å². The predicted molar refractivity (Wildman–Crippen MR) is 136 cm³/mol. The van der Waals surface area contributed by atoms with E-state index in [9.17, 15) is 4.79 Å².